The van der Waals surface area contributed by atoms with E-state index in [-0.39, 0.29) is 17.3 Å². The Morgan fingerprint density at radius 2 is 1.75 bits per heavy atom. The highest BCUT2D eigenvalue weighted by atomic mass is 35.5. The Hall–Kier alpha value is -3.74. The molecular weight excluding hydrogens is 536 g/mol. The minimum atomic E-state index is -0.0554. The van der Waals surface area contributed by atoms with Gasteiger partial charge in [0, 0.05) is 31.8 Å². The number of benzene rings is 4. The average molecular weight is 565 g/mol. The van der Waals surface area contributed by atoms with Crippen LogP contribution in [-0.4, -0.2) is 21.8 Å². The lowest BCUT2D eigenvalue weighted by Crippen LogP contribution is -2.66. The first-order valence-corrected chi connectivity index (χ1v) is 14.8. The molecule has 0 bridgehead atoms. The van der Waals surface area contributed by atoms with Crippen LogP contribution in [-0.2, 0) is 6.54 Å². The van der Waals surface area contributed by atoms with E-state index in [0.29, 0.717) is 28.7 Å². The number of nitrogens with two attached hydrogens (primary N) is 1. The summed E-state index contributed by atoms with van der Waals surface area (Å²) in [4.78, 5) is 15.9. The number of nitrogens with one attached hydrogen (secondary N) is 2. The highest BCUT2D eigenvalue weighted by Gasteiger charge is 2.54. The summed E-state index contributed by atoms with van der Waals surface area (Å²) in [5.74, 6) is 0.542. The molecule has 0 radical (unpaired) electrons. The van der Waals surface area contributed by atoms with Crippen molar-refractivity contribution in [2.24, 2.45) is 11.7 Å². The zero-order valence-electron chi connectivity index (χ0n) is 21.9. The molecule has 1 aromatic heterocycles. The van der Waals surface area contributed by atoms with E-state index in [1.165, 1.54) is 12.8 Å². The molecule has 4 N–H and O–H groups in total. The van der Waals surface area contributed by atoms with Gasteiger partial charge in [-0.15, -0.1) is 0 Å². The van der Waals surface area contributed by atoms with Crippen LogP contribution < -0.4 is 11.1 Å². The Balaban J connectivity index is 1.37. The van der Waals surface area contributed by atoms with Crippen LogP contribution in [0.25, 0.3) is 21.7 Å². The highest BCUT2D eigenvalue weighted by Crippen LogP contribution is 2.53. The fraction of sp³-hybridized carbons (Fsp3) is 0.212. The molecule has 1 heterocycles. The quantitative estimate of drug-likeness (QED) is 0.140. The van der Waals surface area contributed by atoms with Gasteiger partial charge in [-0.3, -0.25) is 10.2 Å². The third-order valence-corrected chi connectivity index (χ3v) is 10.4. The summed E-state index contributed by atoms with van der Waals surface area (Å²) in [5, 5.41) is 15.2. The van der Waals surface area contributed by atoms with Crippen molar-refractivity contribution < 1.29 is 4.79 Å². The first kappa shape index (κ1) is 25.2. The number of hydrogen-bond donors (Lipinski definition) is 3. The molecule has 40 heavy (non-hydrogen) atoms. The minimum Gasteiger partial charge on any atom is -0.384 e. The molecule has 200 valence electrons. The van der Waals surface area contributed by atoms with Gasteiger partial charge in [0.15, 0.2) is 0 Å². The first-order valence-electron chi connectivity index (χ1n) is 13.7. The zero-order valence-corrected chi connectivity index (χ0v) is 23.5. The Labute approximate surface area is 242 Å². The van der Waals surface area contributed by atoms with Crippen molar-refractivity contribution in [2.75, 3.05) is 0 Å². The van der Waals surface area contributed by atoms with Gasteiger partial charge in [0.05, 0.1) is 11.6 Å². The molecule has 2 aliphatic rings. The molecule has 7 heteroatoms. The SMILES string of the molecule is N=C(N)c1ccc2cc(C(=O)NC34CCC3CC4)n(Cc3c(Cl)c(Sc4ccccc4)cc4ccccc34)c2c1. The van der Waals surface area contributed by atoms with Gasteiger partial charge < -0.3 is 15.6 Å². The average Bonchev–Trinajstić information content (AvgIpc) is 3.32. The number of hydrogen-bond acceptors (Lipinski definition) is 3. The maximum absolute atomic E-state index is 13.9. The summed E-state index contributed by atoms with van der Waals surface area (Å²) in [6.07, 6.45) is 4.48. The van der Waals surface area contributed by atoms with Gasteiger partial charge in [0.2, 0.25) is 0 Å². The van der Waals surface area contributed by atoms with Crippen LogP contribution in [0.15, 0.2) is 94.7 Å². The molecule has 2 saturated carbocycles. The van der Waals surface area contributed by atoms with E-state index in [0.717, 1.165) is 49.9 Å². The van der Waals surface area contributed by atoms with E-state index in [4.69, 9.17) is 22.7 Å². The number of carbonyl (C=O) groups excluding carboxylic acids is 1. The lowest BCUT2D eigenvalue weighted by atomic mass is 9.53. The van der Waals surface area contributed by atoms with Crippen molar-refractivity contribution in [1.29, 1.82) is 5.41 Å². The second-order valence-corrected chi connectivity index (χ2v) is 12.5. The van der Waals surface area contributed by atoms with Gasteiger partial charge in [-0.25, -0.2) is 0 Å². The number of amidine groups is 1. The second kappa shape index (κ2) is 9.72. The summed E-state index contributed by atoms with van der Waals surface area (Å²) < 4.78 is 2.05. The molecule has 1 amide bonds. The van der Waals surface area contributed by atoms with Crippen LogP contribution >= 0.6 is 23.4 Å². The Kier molecular flexibility index (Phi) is 6.13. The lowest BCUT2D eigenvalue weighted by Gasteiger charge is -2.58. The van der Waals surface area contributed by atoms with E-state index in [9.17, 15) is 4.79 Å². The van der Waals surface area contributed by atoms with Crippen molar-refractivity contribution in [3.8, 4) is 0 Å². The molecule has 0 unspecified atom stereocenters. The number of halogens is 1. The number of nitrogen functional groups attached to an aromatic ring is 1. The molecule has 0 spiro atoms. The van der Waals surface area contributed by atoms with Crippen LogP contribution in [0, 0.1) is 11.3 Å². The molecule has 4 aromatic carbocycles. The number of nitrogens with zero attached hydrogens (tertiary/aromatic N) is 1. The Bertz CT molecular complexity index is 1800. The van der Waals surface area contributed by atoms with E-state index < -0.39 is 0 Å². The van der Waals surface area contributed by atoms with Crippen molar-refractivity contribution in [3.63, 3.8) is 0 Å². The van der Waals surface area contributed by atoms with Gasteiger partial charge in [-0.2, -0.15) is 0 Å². The van der Waals surface area contributed by atoms with Crippen LogP contribution in [0.5, 0.6) is 0 Å². The Morgan fingerprint density at radius 1 is 1.00 bits per heavy atom. The molecule has 0 saturated heterocycles. The molecule has 0 aliphatic heterocycles. The maximum atomic E-state index is 13.9. The third-order valence-electron chi connectivity index (χ3n) is 8.81. The predicted molar refractivity (Wildman–Crippen MR) is 164 cm³/mol. The topological polar surface area (TPSA) is 83.9 Å². The number of fused-ring (bicyclic) bond motifs is 3. The largest absolute Gasteiger partial charge is 0.384 e. The maximum Gasteiger partial charge on any atom is 0.268 e. The van der Waals surface area contributed by atoms with Crippen LogP contribution in [0.3, 0.4) is 0 Å². The van der Waals surface area contributed by atoms with Crippen molar-refractivity contribution in [2.45, 2.75) is 47.6 Å². The summed E-state index contributed by atoms with van der Waals surface area (Å²) in [6.45, 7) is 0.409. The number of rotatable bonds is 7. The number of aromatic nitrogens is 1. The van der Waals surface area contributed by atoms with Gasteiger partial charge in [0.1, 0.15) is 11.5 Å². The van der Waals surface area contributed by atoms with Gasteiger partial charge in [0.25, 0.3) is 5.91 Å². The number of amides is 1. The van der Waals surface area contributed by atoms with Crippen molar-refractivity contribution in [1.82, 2.24) is 9.88 Å². The fourth-order valence-corrected chi connectivity index (χ4v) is 7.61. The highest BCUT2D eigenvalue weighted by molar-refractivity contribution is 7.99. The smallest absolute Gasteiger partial charge is 0.268 e. The monoisotopic (exact) mass is 564 g/mol. The summed E-state index contributed by atoms with van der Waals surface area (Å²) in [7, 11) is 0. The molecule has 5 aromatic rings. The Morgan fingerprint density at radius 3 is 2.45 bits per heavy atom. The predicted octanol–water partition coefficient (Wildman–Crippen LogP) is 7.60. The van der Waals surface area contributed by atoms with Gasteiger partial charge >= 0.3 is 0 Å². The van der Waals surface area contributed by atoms with E-state index in [1.54, 1.807) is 11.8 Å². The van der Waals surface area contributed by atoms with E-state index >= 15 is 0 Å². The number of carbonyl (C=O) groups is 1. The van der Waals surface area contributed by atoms with Gasteiger partial charge in [-0.1, -0.05) is 78.0 Å². The van der Waals surface area contributed by atoms with Crippen LogP contribution in [0.2, 0.25) is 5.02 Å². The molecule has 2 fully saturated rings. The standard InChI is InChI=1S/C33H29ClN4OS/c34-30-26(25-9-5-4-6-20(25)18-29(30)40-24-7-2-1-3-8-24)19-38-27-17-22(31(35)36)11-10-21(27)16-28(38)32(39)37-33-14-12-23(33)13-15-33/h1-11,16-18,23H,12-15,19H2,(H3,35,36)(H,37,39). The van der Waals surface area contributed by atoms with Crippen molar-refractivity contribution in [3.05, 3.63) is 107 Å². The molecular formula is C33H29ClN4OS. The fourth-order valence-electron chi connectivity index (χ4n) is 6.33. The van der Waals surface area contributed by atoms with E-state index in [1.807, 2.05) is 59.2 Å². The van der Waals surface area contributed by atoms with E-state index in [2.05, 4.69) is 35.6 Å². The minimum absolute atomic E-state index is 0.00365. The molecule has 7 rings (SSSR count). The third kappa shape index (κ3) is 4.18. The molecule has 5 nitrogen and oxygen atoms in total. The summed E-state index contributed by atoms with van der Waals surface area (Å²) >= 11 is 8.83. The van der Waals surface area contributed by atoms with Crippen LogP contribution in [0.1, 0.15) is 47.3 Å². The lowest BCUT2D eigenvalue weighted by molar-refractivity contribution is -0.0155. The molecule has 2 aliphatic carbocycles. The normalized spacial score (nSPS) is 19.6. The van der Waals surface area contributed by atoms with Gasteiger partial charge in [-0.05, 0) is 78.3 Å². The van der Waals surface area contributed by atoms with Crippen LogP contribution in [0.4, 0.5) is 0 Å². The van der Waals surface area contributed by atoms with Crippen molar-refractivity contribution >= 4 is 56.8 Å². The summed E-state index contributed by atoms with van der Waals surface area (Å²) in [5.41, 5.74) is 8.87. The summed E-state index contributed by atoms with van der Waals surface area (Å²) in [6, 6.07) is 28.2. The second-order valence-electron chi connectivity index (χ2n) is 11.0. The molecule has 0 atom stereocenters. The zero-order chi connectivity index (χ0) is 27.4. The first-order chi connectivity index (χ1) is 19.4.